The Kier molecular flexibility index (Phi) is 48.0. The smallest absolute Gasteiger partial charge is 0.306 e. The molecule has 0 saturated heterocycles. The first-order valence-corrected chi connectivity index (χ1v) is 25.7. The van der Waals surface area contributed by atoms with Crippen LogP contribution < -0.4 is 0 Å². The first-order chi connectivity index (χ1) is 31.0. The summed E-state index contributed by atoms with van der Waals surface area (Å²) in [4.78, 5) is 38.0. The number of hydrogen-bond acceptors (Lipinski definition) is 6. The average Bonchev–Trinajstić information content (AvgIpc) is 3.28. The SMILES string of the molecule is CC/C=C\C/C=C\C/C=C\C/C=C\CCCCC(=O)OC[C@H](COC(=O)CCCCCCC/C=C\C/C=C\CCCCC)OC(=O)CCCCCCC/C=C\C/C=C\CCCCC. The predicted molar refractivity (Wildman–Crippen MR) is 270 cm³/mol. The number of ether oxygens (including phenoxy) is 3. The molecule has 0 N–H and O–H groups in total. The van der Waals surface area contributed by atoms with Gasteiger partial charge in [0.1, 0.15) is 13.2 Å². The highest BCUT2D eigenvalue weighted by atomic mass is 16.6. The summed E-state index contributed by atoms with van der Waals surface area (Å²) in [6.07, 6.45) is 66.7. The lowest BCUT2D eigenvalue weighted by atomic mass is 10.1. The maximum absolute atomic E-state index is 12.8. The largest absolute Gasteiger partial charge is 0.462 e. The molecule has 0 amide bonds. The summed E-state index contributed by atoms with van der Waals surface area (Å²) in [5.41, 5.74) is 0. The highest BCUT2D eigenvalue weighted by Crippen LogP contribution is 2.13. The van der Waals surface area contributed by atoms with Crippen LogP contribution in [0.4, 0.5) is 0 Å². The van der Waals surface area contributed by atoms with Crippen LogP contribution in [0.25, 0.3) is 0 Å². The van der Waals surface area contributed by atoms with Gasteiger partial charge in [-0.05, 0) is 122 Å². The Morgan fingerprint density at radius 3 is 1.00 bits per heavy atom. The van der Waals surface area contributed by atoms with Crippen LogP contribution in [-0.4, -0.2) is 37.2 Å². The minimum Gasteiger partial charge on any atom is -0.462 e. The van der Waals surface area contributed by atoms with E-state index in [4.69, 9.17) is 14.2 Å². The van der Waals surface area contributed by atoms with Crippen molar-refractivity contribution in [2.24, 2.45) is 0 Å². The summed E-state index contributed by atoms with van der Waals surface area (Å²) in [7, 11) is 0. The maximum atomic E-state index is 12.8. The van der Waals surface area contributed by atoms with Crippen molar-refractivity contribution < 1.29 is 28.6 Å². The topological polar surface area (TPSA) is 78.9 Å². The van der Waals surface area contributed by atoms with E-state index in [1.807, 2.05) is 0 Å². The molecular formula is C57H94O6. The quantitative estimate of drug-likeness (QED) is 0.0262. The van der Waals surface area contributed by atoms with Gasteiger partial charge in [-0.1, -0.05) is 182 Å². The third-order valence-electron chi connectivity index (χ3n) is 10.5. The number of carbonyl (C=O) groups excluding carboxylic acids is 3. The lowest BCUT2D eigenvalue weighted by molar-refractivity contribution is -0.167. The van der Waals surface area contributed by atoms with Crippen molar-refractivity contribution >= 4 is 17.9 Å². The van der Waals surface area contributed by atoms with E-state index in [9.17, 15) is 14.4 Å². The van der Waals surface area contributed by atoms with E-state index in [0.717, 1.165) is 135 Å². The van der Waals surface area contributed by atoms with Crippen LogP contribution in [0.2, 0.25) is 0 Å². The third-order valence-corrected chi connectivity index (χ3v) is 10.5. The van der Waals surface area contributed by atoms with Gasteiger partial charge in [0.05, 0.1) is 0 Å². The lowest BCUT2D eigenvalue weighted by Crippen LogP contribution is -2.30. The second kappa shape index (κ2) is 51.0. The third kappa shape index (κ3) is 49.2. The Bertz CT molecular complexity index is 1280. The van der Waals surface area contributed by atoms with Crippen molar-refractivity contribution in [2.45, 2.75) is 232 Å². The zero-order chi connectivity index (χ0) is 45.8. The van der Waals surface area contributed by atoms with Crippen molar-refractivity contribution in [1.29, 1.82) is 0 Å². The molecule has 1 atom stereocenters. The number of esters is 3. The van der Waals surface area contributed by atoms with Gasteiger partial charge in [0.15, 0.2) is 6.10 Å². The predicted octanol–water partition coefficient (Wildman–Crippen LogP) is 17.0. The Labute approximate surface area is 387 Å². The molecule has 0 radical (unpaired) electrons. The van der Waals surface area contributed by atoms with Crippen LogP contribution in [0.3, 0.4) is 0 Å². The van der Waals surface area contributed by atoms with E-state index in [1.165, 1.54) is 51.4 Å². The Morgan fingerprint density at radius 1 is 0.333 bits per heavy atom. The van der Waals surface area contributed by atoms with E-state index in [1.54, 1.807) is 0 Å². The van der Waals surface area contributed by atoms with Crippen LogP contribution in [0, 0.1) is 0 Å². The fourth-order valence-electron chi connectivity index (χ4n) is 6.67. The molecule has 0 aromatic carbocycles. The van der Waals surface area contributed by atoms with E-state index >= 15 is 0 Å². The highest BCUT2D eigenvalue weighted by Gasteiger charge is 2.19. The molecule has 0 aliphatic heterocycles. The molecule has 0 heterocycles. The molecule has 0 bridgehead atoms. The maximum Gasteiger partial charge on any atom is 0.306 e. The van der Waals surface area contributed by atoms with E-state index in [-0.39, 0.29) is 31.1 Å². The van der Waals surface area contributed by atoms with Crippen molar-refractivity contribution in [3.8, 4) is 0 Å². The molecule has 358 valence electrons. The Morgan fingerprint density at radius 2 is 0.619 bits per heavy atom. The second-order valence-corrected chi connectivity index (χ2v) is 16.7. The van der Waals surface area contributed by atoms with Crippen molar-refractivity contribution in [2.75, 3.05) is 13.2 Å². The van der Waals surface area contributed by atoms with Crippen LogP contribution in [0.1, 0.15) is 226 Å². The molecular weight excluding hydrogens is 781 g/mol. The first-order valence-electron chi connectivity index (χ1n) is 25.7. The molecule has 6 nitrogen and oxygen atoms in total. The molecule has 6 heteroatoms. The standard InChI is InChI=1S/C57H94O6/c1-4-7-10-13-16-19-22-25-28-31-34-37-40-43-46-49-55(58)61-52-54(63-57(60)51-48-45-42-39-36-33-30-27-24-21-18-15-12-9-6-3)53-62-56(59)50-47-44-41-38-35-32-29-26-23-20-17-14-11-8-5-2/h7,10,16-21,25-30,34,37,54H,4-6,8-9,11-15,22-24,31-33,35-36,38-53H2,1-3H3/b10-7-,19-16-,20-17-,21-18-,28-25-,29-26-,30-27-,37-34-/t54-/m1/s1. The zero-order valence-corrected chi connectivity index (χ0v) is 40.8. The van der Waals surface area contributed by atoms with Gasteiger partial charge >= 0.3 is 17.9 Å². The molecule has 63 heavy (non-hydrogen) atoms. The molecule has 0 aliphatic carbocycles. The van der Waals surface area contributed by atoms with Crippen LogP contribution in [0.5, 0.6) is 0 Å². The van der Waals surface area contributed by atoms with E-state index < -0.39 is 6.10 Å². The molecule has 0 spiro atoms. The van der Waals surface area contributed by atoms with Gasteiger partial charge in [-0.15, -0.1) is 0 Å². The number of hydrogen-bond donors (Lipinski definition) is 0. The Hall–Kier alpha value is -3.67. The Balaban J connectivity index is 4.52. The normalized spacial score (nSPS) is 12.9. The number of allylic oxidation sites excluding steroid dienone is 16. The van der Waals surface area contributed by atoms with Gasteiger partial charge in [-0.3, -0.25) is 14.4 Å². The molecule has 0 aromatic heterocycles. The minimum absolute atomic E-state index is 0.105. The molecule has 0 unspecified atom stereocenters. The summed E-state index contributed by atoms with van der Waals surface area (Å²) < 4.78 is 16.7. The van der Waals surface area contributed by atoms with Gasteiger partial charge in [0.2, 0.25) is 0 Å². The first kappa shape index (κ1) is 59.3. The van der Waals surface area contributed by atoms with Crippen LogP contribution in [-0.2, 0) is 28.6 Å². The fraction of sp³-hybridized carbons (Fsp3) is 0.667. The van der Waals surface area contributed by atoms with E-state index in [2.05, 4.69) is 118 Å². The molecule has 0 fully saturated rings. The van der Waals surface area contributed by atoms with Gasteiger partial charge in [0, 0.05) is 19.3 Å². The summed E-state index contributed by atoms with van der Waals surface area (Å²) in [5, 5.41) is 0. The number of carbonyl (C=O) groups is 3. The van der Waals surface area contributed by atoms with Crippen LogP contribution in [0.15, 0.2) is 97.2 Å². The molecule has 0 saturated carbocycles. The molecule has 0 aliphatic rings. The summed E-state index contributed by atoms with van der Waals surface area (Å²) >= 11 is 0. The summed E-state index contributed by atoms with van der Waals surface area (Å²) in [5.74, 6) is -0.978. The second-order valence-electron chi connectivity index (χ2n) is 16.7. The van der Waals surface area contributed by atoms with E-state index in [0.29, 0.717) is 19.3 Å². The number of unbranched alkanes of at least 4 members (excludes halogenated alkanes) is 18. The average molecular weight is 875 g/mol. The molecule has 0 aromatic rings. The van der Waals surface area contributed by atoms with Crippen LogP contribution >= 0.6 is 0 Å². The highest BCUT2D eigenvalue weighted by molar-refractivity contribution is 5.71. The van der Waals surface area contributed by atoms with Gasteiger partial charge < -0.3 is 14.2 Å². The van der Waals surface area contributed by atoms with Gasteiger partial charge in [0.25, 0.3) is 0 Å². The summed E-state index contributed by atoms with van der Waals surface area (Å²) in [6.45, 7) is 6.40. The monoisotopic (exact) mass is 875 g/mol. The van der Waals surface area contributed by atoms with Crippen molar-refractivity contribution in [1.82, 2.24) is 0 Å². The summed E-state index contributed by atoms with van der Waals surface area (Å²) in [6, 6.07) is 0. The lowest BCUT2D eigenvalue weighted by Gasteiger charge is -2.18. The van der Waals surface area contributed by atoms with Gasteiger partial charge in [-0.25, -0.2) is 0 Å². The van der Waals surface area contributed by atoms with Gasteiger partial charge in [-0.2, -0.15) is 0 Å². The zero-order valence-electron chi connectivity index (χ0n) is 40.8. The molecule has 0 rings (SSSR count). The minimum atomic E-state index is -0.808. The van der Waals surface area contributed by atoms with Crippen molar-refractivity contribution in [3.63, 3.8) is 0 Å². The fourth-order valence-corrected chi connectivity index (χ4v) is 6.67. The number of rotatable bonds is 45. The van der Waals surface area contributed by atoms with Crippen molar-refractivity contribution in [3.05, 3.63) is 97.2 Å².